The Morgan fingerprint density at radius 3 is 2.60 bits per heavy atom. The number of alkyl halides is 3. The molecule has 0 spiro atoms. The van der Waals surface area contributed by atoms with Crippen LogP contribution in [0.3, 0.4) is 0 Å². The summed E-state index contributed by atoms with van der Waals surface area (Å²) in [7, 11) is 0. The van der Waals surface area contributed by atoms with Gasteiger partial charge < -0.3 is 24.1 Å². The molecule has 184 valence electrons. The number of hydrogen-bond acceptors (Lipinski definition) is 6. The highest BCUT2D eigenvalue weighted by Gasteiger charge is 2.32. The Morgan fingerprint density at radius 1 is 1.06 bits per heavy atom. The van der Waals surface area contributed by atoms with Gasteiger partial charge in [-0.2, -0.15) is 13.2 Å². The summed E-state index contributed by atoms with van der Waals surface area (Å²) in [5.41, 5.74) is 1.39. The number of halogens is 3. The van der Waals surface area contributed by atoms with E-state index in [2.05, 4.69) is 5.32 Å². The molecule has 1 aliphatic heterocycles. The lowest BCUT2D eigenvalue weighted by atomic mass is 10.1. The second kappa shape index (κ2) is 9.26. The van der Waals surface area contributed by atoms with Gasteiger partial charge in [0.25, 0.3) is 5.91 Å². The van der Waals surface area contributed by atoms with Crippen molar-refractivity contribution in [3.05, 3.63) is 63.5 Å². The first-order valence-corrected chi connectivity index (χ1v) is 11.3. The van der Waals surface area contributed by atoms with Crippen LogP contribution in [0.15, 0.2) is 45.6 Å². The summed E-state index contributed by atoms with van der Waals surface area (Å²) in [5, 5.41) is 3.39. The Balaban J connectivity index is 1.33. The Bertz CT molecular complexity index is 1330. The van der Waals surface area contributed by atoms with E-state index in [0.29, 0.717) is 55.3 Å². The van der Waals surface area contributed by atoms with Crippen LogP contribution in [0.25, 0.3) is 11.0 Å². The normalized spacial score (nSPS) is 15.8. The molecule has 0 atom stereocenters. The molecule has 1 aromatic heterocycles. The number of fused-ring (bicyclic) bond motifs is 3. The third-order valence-electron chi connectivity index (χ3n) is 6.26. The van der Waals surface area contributed by atoms with Crippen LogP contribution in [0.4, 0.5) is 24.5 Å². The topological polar surface area (TPSA) is 81.0 Å². The molecule has 2 heterocycles. The number of carbonyl (C=O) groups excluding carboxylic acids is 1. The third kappa shape index (κ3) is 4.84. The van der Waals surface area contributed by atoms with Gasteiger partial charge in [0.15, 0.2) is 6.61 Å². The van der Waals surface area contributed by atoms with Crippen LogP contribution in [0, 0.1) is 0 Å². The summed E-state index contributed by atoms with van der Waals surface area (Å²) < 4.78 is 56.1. The number of nitrogens with zero attached hydrogens (tertiary/aromatic N) is 1. The van der Waals surface area contributed by atoms with Gasteiger partial charge in [-0.05, 0) is 55.2 Å². The minimum Gasteiger partial charge on any atom is -0.484 e. The standard InChI is InChI=1S/C25H23F3N2O5/c26-25(27,28)15-4-7-21(30-8-10-33-11-9-30)20(12-15)29-23(31)14-34-16-5-6-18-17-2-1-3-19(17)24(32)35-22(18)13-16/h4-7,12-13H,1-3,8-11,14H2,(H,29,31). The highest BCUT2D eigenvalue weighted by Crippen LogP contribution is 2.36. The number of benzene rings is 2. The molecule has 3 aromatic rings. The molecule has 1 saturated heterocycles. The molecule has 1 aliphatic carbocycles. The molecule has 0 radical (unpaired) electrons. The van der Waals surface area contributed by atoms with Crippen molar-refractivity contribution in [2.45, 2.75) is 25.4 Å². The predicted molar refractivity (Wildman–Crippen MR) is 123 cm³/mol. The molecule has 1 fully saturated rings. The van der Waals surface area contributed by atoms with Crippen molar-refractivity contribution in [3.8, 4) is 5.75 Å². The second-order valence-corrected chi connectivity index (χ2v) is 8.52. The molecule has 1 N–H and O–H groups in total. The van der Waals surface area contributed by atoms with Crippen molar-refractivity contribution in [1.29, 1.82) is 0 Å². The van der Waals surface area contributed by atoms with Crippen LogP contribution in [-0.2, 0) is 28.5 Å². The van der Waals surface area contributed by atoms with Gasteiger partial charge in [-0.15, -0.1) is 0 Å². The minimum absolute atomic E-state index is 0.0513. The maximum Gasteiger partial charge on any atom is 0.416 e. The average Bonchev–Trinajstić information content (AvgIpc) is 3.34. The SMILES string of the molecule is O=C(COc1ccc2c3c(c(=O)oc2c1)CCC3)Nc1cc(C(F)(F)F)ccc1N1CCOCC1. The summed E-state index contributed by atoms with van der Waals surface area (Å²) >= 11 is 0. The van der Waals surface area contributed by atoms with E-state index in [-0.39, 0.29) is 11.3 Å². The monoisotopic (exact) mass is 488 g/mol. The van der Waals surface area contributed by atoms with Crippen molar-refractivity contribution >= 4 is 28.3 Å². The zero-order valence-electron chi connectivity index (χ0n) is 18.7. The van der Waals surface area contributed by atoms with Crippen LogP contribution in [0.5, 0.6) is 5.75 Å². The largest absolute Gasteiger partial charge is 0.484 e. The minimum atomic E-state index is -4.55. The fourth-order valence-electron chi connectivity index (χ4n) is 4.58. The zero-order chi connectivity index (χ0) is 24.6. The average molecular weight is 488 g/mol. The lowest BCUT2D eigenvalue weighted by Gasteiger charge is -2.31. The Labute approximate surface area is 198 Å². The smallest absolute Gasteiger partial charge is 0.416 e. The fourth-order valence-corrected chi connectivity index (χ4v) is 4.58. The van der Waals surface area contributed by atoms with Gasteiger partial charge in [0.05, 0.1) is 30.2 Å². The number of aryl methyl sites for hydroxylation is 1. The molecule has 0 bridgehead atoms. The van der Waals surface area contributed by atoms with Gasteiger partial charge in [0, 0.05) is 30.1 Å². The van der Waals surface area contributed by atoms with Crippen LogP contribution < -0.4 is 20.6 Å². The van der Waals surface area contributed by atoms with Crippen LogP contribution in [0.2, 0.25) is 0 Å². The quantitative estimate of drug-likeness (QED) is 0.544. The summed E-state index contributed by atoms with van der Waals surface area (Å²) in [6, 6.07) is 8.29. The lowest BCUT2D eigenvalue weighted by molar-refractivity contribution is -0.137. The number of ether oxygens (including phenoxy) is 2. The third-order valence-corrected chi connectivity index (χ3v) is 6.26. The summed E-state index contributed by atoms with van der Waals surface area (Å²) in [6.07, 6.45) is -2.13. The number of rotatable bonds is 5. The lowest BCUT2D eigenvalue weighted by Crippen LogP contribution is -2.37. The molecule has 7 nitrogen and oxygen atoms in total. The van der Waals surface area contributed by atoms with Crippen molar-refractivity contribution in [2.24, 2.45) is 0 Å². The van der Waals surface area contributed by atoms with Crippen LogP contribution >= 0.6 is 0 Å². The van der Waals surface area contributed by atoms with E-state index < -0.39 is 24.3 Å². The Morgan fingerprint density at radius 2 is 1.83 bits per heavy atom. The number of anilines is 2. The van der Waals surface area contributed by atoms with E-state index in [1.54, 1.807) is 18.2 Å². The maximum absolute atomic E-state index is 13.3. The molecular formula is C25H23F3N2O5. The first-order valence-electron chi connectivity index (χ1n) is 11.3. The molecule has 2 aliphatic rings. The summed E-state index contributed by atoms with van der Waals surface area (Å²) in [5.74, 6) is -0.305. The second-order valence-electron chi connectivity index (χ2n) is 8.52. The van der Waals surface area contributed by atoms with Gasteiger partial charge >= 0.3 is 11.8 Å². The van der Waals surface area contributed by atoms with E-state index in [9.17, 15) is 22.8 Å². The highest BCUT2D eigenvalue weighted by molar-refractivity contribution is 5.95. The Hall–Kier alpha value is -3.53. The van der Waals surface area contributed by atoms with Crippen molar-refractivity contribution < 1.29 is 31.9 Å². The van der Waals surface area contributed by atoms with E-state index >= 15 is 0 Å². The van der Waals surface area contributed by atoms with Gasteiger partial charge in [-0.1, -0.05) is 0 Å². The van der Waals surface area contributed by atoms with Crippen LogP contribution in [-0.4, -0.2) is 38.8 Å². The number of amides is 1. The van der Waals surface area contributed by atoms with E-state index in [0.717, 1.165) is 35.9 Å². The molecule has 1 amide bonds. The number of morpholine rings is 1. The van der Waals surface area contributed by atoms with Crippen molar-refractivity contribution in [3.63, 3.8) is 0 Å². The first kappa shape index (κ1) is 23.2. The van der Waals surface area contributed by atoms with Gasteiger partial charge in [-0.3, -0.25) is 4.79 Å². The van der Waals surface area contributed by atoms with E-state index in [4.69, 9.17) is 13.9 Å². The first-order chi connectivity index (χ1) is 16.8. The fraction of sp³-hybridized carbons (Fsp3) is 0.360. The number of nitrogens with one attached hydrogen (secondary N) is 1. The zero-order valence-corrected chi connectivity index (χ0v) is 18.7. The van der Waals surface area contributed by atoms with Crippen molar-refractivity contribution in [2.75, 3.05) is 43.1 Å². The molecule has 0 unspecified atom stereocenters. The molecular weight excluding hydrogens is 465 g/mol. The van der Waals surface area contributed by atoms with E-state index in [1.807, 2.05) is 4.90 Å². The molecule has 0 saturated carbocycles. The Kier molecular flexibility index (Phi) is 6.14. The van der Waals surface area contributed by atoms with Crippen molar-refractivity contribution in [1.82, 2.24) is 0 Å². The highest BCUT2D eigenvalue weighted by atomic mass is 19.4. The number of carbonyl (C=O) groups is 1. The molecule has 35 heavy (non-hydrogen) atoms. The summed E-state index contributed by atoms with van der Waals surface area (Å²) in [4.78, 5) is 26.7. The predicted octanol–water partition coefficient (Wildman–Crippen LogP) is 4.15. The number of hydrogen-bond donors (Lipinski definition) is 1. The molecule has 2 aromatic carbocycles. The molecule has 5 rings (SSSR count). The van der Waals surface area contributed by atoms with Gasteiger partial charge in [-0.25, -0.2) is 4.79 Å². The van der Waals surface area contributed by atoms with Crippen LogP contribution in [0.1, 0.15) is 23.1 Å². The van der Waals surface area contributed by atoms with Gasteiger partial charge in [0.1, 0.15) is 11.3 Å². The maximum atomic E-state index is 13.3. The van der Waals surface area contributed by atoms with E-state index in [1.165, 1.54) is 6.07 Å². The van der Waals surface area contributed by atoms with Gasteiger partial charge in [0.2, 0.25) is 0 Å². The molecule has 10 heteroatoms. The summed E-state index contributed by atoms with van der Waals surface area (Å²) in [6.45, 7) is 1.45.